The zero-order chi connectivity index (χ0) is 11.8. The zero-order valence-corrected chi connectivity index (χ0v) is 8.96. The van der Waals surface area contributed by atoms with Crippen LogP contribution >= 0.6 is 0 Å². The van der Waals surface area contributed by atoms with Crippen LogP contribution in [0, 0.1) is 12.7 Å². The van der Waals surface area contributed by atoms with Gasteiger partial charge in [0.1, 0.15) is 17.1 Å². The molecule has 1 aliphatic carbocycles. The van der Waals surface area contributed by atoms with Crippen molar-refractivity contribution in [3.63, 3.8) is 0 Å². The number of halogens is 1. The highest BCUT2D eigenvalue weighted by Gasteiger charge is 2.43. The number of benzene rings is 1. The van der Waals surface area contributed by atoms with Gasteiger partial charge in [-0.1, -0.05) is 6.07 Å². The quantitative estimate of drug-likeness (QED) is 0.616. The van der Waals surface area contributed by atoms with Crippen molar-refractivity contribution in [1.29, 1.82) is 0 Å². The lowest BCUT2D eigenvalue weighted by Crippen LogP contribution is -2.33. The molecule has 16 heavy (non-hydrogen) atoms. The van der Waals surface area contributed by atoms with Crippen LogP contribution in [0.1, 0.15) is 30.4 Å². The lowest BCUT2D eigenvalue weighted by molar-refractivity contribution is 0.238. The largest absolute Gasteiger partial charge is 0.507 e. The molecule has 4 heteroatoms. The Morgan fingerprint density at radius 1 is 1.50 bits per heavy atom. The summed E-state index contributed by atoms with van der Waals surface area (Å²) in [6.07, 6.45) is 3.51. The van der Waals surface area contributed by atoms with Crippen LogP contribution in [0.2, 0.25) is 0 Å². The first-order chi connectivity index (χ1) is 7.60. The zero-order valence-electron chi connectivity index (χ0n) is 8.96. The average Bonchev–Trinajstić information content (AvgIpc) is 2.20. The van der Waals surface area contributed by atoms with Crippen LogP contribution in [0.4, 0.5) is 4.39 Å². The molecule has 1 fully saturated rings. The van der Waals surface area contributed by atoms with Crippen LogP contribution in [0.5, 0.6) is 5.75 Å². The molecule has 0 amide bonds. The maximum atomic E-state index is 13.7. The van der Waals surface area contributed by atoms with E-state index in [4.69, 9.17) is 0 Å². The van der Waals surface area contributed by atoms with Gasteiger partial charge in [-0.25, -0.2) is 9.18 Å². The molecule has 0 spiro atoms. The van der Waals surface area contributed by atoms with Gasteiger partial charge in [-0.3, -0.25) is 0 Å². The van der Waals surface area contributed by atoms with Crippen molar-refractivity contribution in [1.82, 2.24) is 0 Å². The topological polar surface area (TPSA) is 49.7 Å². The van der Waals surface area contributed by atoms with Gasteiger partial charge in [0.05, 0.1) is 5.56 Å². The molecule has 0 bridgehead atoms. The first-order valence-electron chi connectivity index (χ1n) is 5.18. The van der Waals surface area contributed by atoms with E-state index in [1.54, 1.807) is 6.92 Å². The second-order valence-electron chi connectivity index (χ2n) is 4.18. The third kappa shape index (κ3) is 1.42. The summed E-state index contributed by atoms with van der Waals surface area (Å²) in [7, 11) is 0. The average molecular weight is 221 g/mol. The Bertz CT molecular complexity index is 474. The Hall–Kier alpha value is -1.67. The highest BCUT2D eigenvalue weighted by atomic mass is 19.1. The monoisotopic (exact) mass is 221 g/mol. The van der Waals surface area contributed by atoms with Gasteiger partial charge >= 0.3 is 0 Å². The van der Waals surface area contributed by atoms with Crippen molar-refractivity contribution in [3.05, 3.63) is 29.1 Å². The minimum Gasteiger partial charge on any atom is -0.507 e. The van der Waals surface area contributed by atoms with Crippen LogP contribution < -0.4 is 0 Å². The van der Waals surface area contributed by atoms with Crippen molar-refractivity contribution in [2.45, 2.75) is 31.7 Å². The number of carbonyl (C=O) groups excluding carboxylic acids is 1. The van der Waals surface area contributed by atoms with E-state index in [1.165, 1.54) is 18.2 Å². The third-order valence-corrected chi connectivity index (χ3v) is 3.23. The lowest BCUT2D eigenvalue weighted by Gasteiger charge is -2.37. The lowest BCUT2D eigenvalue weighted by atomic mass is 9.71. The van der Waals surface area contributed by atoms with Crippen LogP contribution in [0.15, 0.2) is 17.1 Å². The Morgan fingerprint density at radius 2 is 2.19 bits per heavy atom. The van der Waals surface area contributed by atoms with Gasteiger partial charge in [0.25, 0.3) is 0 Å². The molecule has 1 N–H and O–H groups in total. The molecule has 1 aliphatic rings. The van der Waals surface area contributed by atoms with Gasteiger partial charge in [-0.15, -0.1) is 0 Å². The van der Waals surface area contributed by atoms with E-state index in [9.17, 15) is 14.3 Å². The molecule has 0 heterocycles. The number of aliphatic imine (C=N–C) groups is 1. The van der Waals surface area contributed by atoms with Crippen molar-refractivity contribution in [2.24, 2.45) is 4.99 Å². The molecule has 0 radical (unpaired) electrons. The van der Waals surface area contributed by atoms with Gasteiger partial charge in [0, 0.05) is 0 Å². The number of phenolic OH excluding ortho intramolecular Hbond substituents is 1. The van der Waals surface area contributed by atoms with Gasteiger partial charge in [-0.2, -0.15) is 4.99 Å². The summed E-state index contributed by atoms with van der Waals surface area (Å²) in [6.45, 7) is 1.69. The van der Waals surface area contributed by atoms with E-state index in [-0.39, 0.29) is 11.3 Å². The maximum Gasteiger partial charge on any atom is 0.235 e. The smallest absolute Gasteiger partial charge is 0.235 e. The van der Waals surface area contributed by atoms with Crippen LogP contribution in [0.3, 0.4) is 0 Å². The van der Waals surface area contributed by atoms with E-state index in [1.807, 2.05) is 0 Å². The number of hydrogen-bond acceptors (Lipinski definition) is 3. The second kappa shape index (κ2) is 3.72. The Labute approximate surface area is 92.6 Å². The van der Waals surface area contributed by atoms with Crippen LogP contribution in [-0.4, -0.2) is 11.2 Å². The Morgan fingerprint density at radius 3 is 2.69 bits per heavy atom. The number of nitrogens with zero attached hydrogens (tertiary/aromatic N) is 1. The molecule has 2 rings (SSSR count). The molecular formula is C12H12FNO2. The van der Waals surface area contributed by atoms with Gasteiger partial charge in [0.2, 0.25) is 6.08 Å². The third-order valence-electron chi connectivity index (χ3n) is 3.23. The summed E-state index contributed by atoms with van der Waals surface area (Å²) in [6, 6.07) is 2.80. The fraction of sp³-hybridized carbons (Fsp3) is 0.417. The first-order valence-corrected chi connectivity index (χ1v) is 5.18. The molecule has 1 saturated carbocycles. The number of phenols is 1. The molecule has 0 saturated heterocycles. The minimum absolute atomic E-state index is 0.0984. The highest BCUT2D eigenvalue weighted by Crippen LogP contribution is 2.49. The fourth-order valence-electron chi connectivity index (χ4n) is 2.13. The SMILES string of the molecule is Cc1ccc(F)c(C2(N=C=O)CCC2)c1O. The van der Waals surface area contributed by atoms with E-state index < -0.39 is 11.4 Å². The number of isocyanates is 1. The maximum absolute atomic E-state index is 13.7. The number of aromatic hydroxyl groups is 1. The Kier molecular flexibility index (Phi) is 2.52. The molecular weight excluding hydrogens is 209 g/mol. The fourth-order valence-corrected chi connectivity index (χ4v) is 2.13. The van der Waals surface area contributed by atoms with E-state index in [0.29, 0.717) is 18.4 Å². The first kappa shape index (κ1) is 10.8. The predicted octanol–water partition coefficient (Wildman–Crippen LogP) is 2.55. The van der Waals surface area contributed by atoms with E-state index >= 15 is 0 Å². The summed E-state index contributed by atoms with van der Waals surface area (Å²) in [5, 5.41) is 9.88. The van der Waals surface area contributed by atoms with Crippen molar-refractivity contribution >= 4 is 6.08 Å². The molecule has 0 atom stereocenters. The molecule has 1 aromatic carbocycles. The molecule has 0 aliphatic heterocycles. The minimum atomic E-state index is -0.887. The number of hydrogen-bond donors (Lipinski definition) is 1. The number of aryl methyl sites for hydroxylation is 1. The Balaban J connectivity index is 2.62. The summed E-state index contributed by atoms with van der Waals surface area (Å²) in [5.74, 6) is -0.611. The van der Waals surface area contributed by atoms with Crippen LogP contribution in [-0.2, 0) is 10.3 Å². The van der Waals surface area contributed by atoms with E-state index in [0.717, 1.165) is 6.42 Å². The summed E-state index contributed by atoms with van der Waals surface area (Å²) < 4.78 is 13.7. The summed E-state index contributed by atoms with van der Waals surface area (Å²) in [4.78, 5) is 14.1. The molecule has 1 aromatic rings. The summed E-state index contributed by atoms with van der Waals surface area (Å²) in [5.41, 5.74) is -0.159. The molecule has 0 aromatic heterocycles. The second-order valence-corrected chi connectivity index (χ2v) is 4.18. The molecule has 84 valence electrons. The molecule has 0 unspecified atom stereocenters. The van der Waals surface area contributed by atoms with Gasteiger partial charge < -0.3 is 5.11 Å². The van der Waals surface area contributed by atoms with Crippen molar-refractivity contribution < 1.29 is 14.3 Å². The standard InChI is InChI=1S/C12H12FNO2/c1-8-3-4-9(13)10(11(8)16)12(14-7-15)5-2-6-12/h3-4,16H,2,5-6H2,1H3. The van der Waals surface area contributed by atoms with Crippen molar-refractivity contribution in [3.8, 4) is 5.75 Å². The van der Waals surface area contributed by atoms with E-state index in [2.05, 4.69) is 4.99 Å². The number of rotatable bonds is 2. The van der Waals surface area contributed by atoms with Gasteiger partial charge in [0.15, 0.2) is 0 Å². The normalized spacial score (nSPS) is 17.4. The predicted molar refractivity (Wildman–Crippen MR) is 56.5 cm³/mol. The van der Waals surface area contributed by atoms with Crippen molar-refractivity contribution in [2.75, 3.05) is 0 Å². The summed E-state index contributed by atoms with van der Waals surface area (Å²) >= 11 is 0. The molecule has 3 nitrogen and oxygen atoms in total. The van der Waals surface area contributed by atoms with Crippen LogP contribution in [0.25, 0.3) is 0 Å². The van der Waals surface area contributed by atoms with Gasteiger partial charge in [-0.05, 0) is 37.8 Å². The highest BCUT2D eigenvalue weighted by molar-refractivity contribution is 5.48.